The third kappa shape index (κ3) is 1.92. The Bertz CT molecular complexity index is 912. The lowest BCUT2D eigenvalue weighted by Gasteiger charge is -2.27. The lowest BCUT2D eigenvalue weighted by molar-refractivity contribution is 0.0732. The summed E-state index contributed by atoms with van der Waals surface area (Å²) in [6, 6.07) is 7.08. The Balaban J connectivity index is 1.76. The molecule has 0 saturated heterocycles. The van der Waals surface area contributed by atoms with Crippen LogP contribution in [-0.2, 0) is 13.0 Å². The Morgan fingerprint density at radius 1 is 1.27 bits per heavy atom. The average Bonchev–Trinajstić information content (AvgIpc) is 3.09. The number of nitrogens with zero attached hydrogens (tertiary/aromatic N) is 3. The molecule has 0 spiro atoms. The zero-order chi connectivity index (χ0) is 15.1. The molecular weight excluding hydrogens is 282 g/mol. The second-order valence-electron chi connectivity index (χ2n) is 5.26. The van der Waals surface area contributed by atoms with Gasteiger partial charge in [0.05, 0.1) is 29.6 Å². The van der Waals surface area contributed by atoms with E-state index in [-0.39, 0.29) is 18.0 Å². The molecule has 1 aliphatic rings. The van der Waals surface area contributed by atoms with Gasteiger partial charge in [0, 0.05) is 19.2 Å². The maximum atomic E-state index is 12.6. The van der Waals surface area contributed by atoms with Crippen LogP contribution in [0.25, 0.3) is 5.65 Å². The van der Waals surface area contributed by atoms with Gasteiger partial charge in [0.1, 0.15) is 11.9 Å². The predicted molar refractivity (Wildman–Crippen MR) is 78.6 cm³/mol. The number of carbonyl (C=O) groups excluding carboxylic acids is 1. The van der Waals surface area contributed by atoms with Crippen LogP contribution in [0.2, 0.25) is 0 Å². The minimum atomic E-state index is -0.128. The summed E-state index contributed by atoms with van der Waals surface area (Å²) in [6.45, 7) is 0.829. The third-order valence-electron chi connectivity index (χ3n) is 3.94. The van der Waals surface area contributed by atoms with Crippen molar-refractivity contribution in [1.82, 2.24) is 14.3 Å². The molecule has 0 unspecified atom stereocenters. The molecule has 6 nitrogen and oxygen atoms in total. The Labute approximate surface area is 125 Å². The normalized spacial score (nSPS) is 14.1. The molecule has 0 N–H and O–H groups in total. The van der Waals surface area contributed by atoms with Gasteiger partial charge < -0.3 is 9.32 Å². The number of aromatic nitrogens is 2. The highest BCUT2D eigenvalue weighted by Gasteiger charge is 2.25. The van der Waals surface area contributed by atoms with Gasteiger partial charge in [-0.1, -0.05) is 6.07 Å². The van der Waals surface area contributed by atoms with E-state index < -0.39 is 0 Å². The zero-order valence-corrected chi connectivity index (χ0v) is 11.7. The van der Waals surface area contributed by atoms with E-state index in [1.807, 2.05) is 12.1 Å². The highest BCUT2D eigenvalue weighted by Crippen LogP contribution is 2.17. The second kappa shape index (κ2) is 4.84. The van der Waals surface area contributed by atoms with Gasteiger partial charge in [-0.15, -0.1) is 0 Å². The topological polar surface area (TPSA) is 67.8 Å². The summed E-state index contributed by atoms with van der Waals surface area (Å²) >= 11 is 0. The molecule has 0 bridgehead atoms. The largest absolute Gasteiger partial charge is 0.472 e. The molecule has 0 aliphatic carbocycles. The van der Waals surface area contributed by atoms with E-state index in [2.05, 4.69) is 4.98 Å². The molecule has 3 aromatic rings. The Hall–Kier alpha value is -2.89. The lowest BCUT2D eigenvalue weighted by Crippen LogP contribution is -2.40. The van der Waals surface area contributed by atoms with E-state index in [4.69, 9.17) is 4.42 Å². The first-order valence-corrected chi connectivity index (χ1v) is 7.04. The van der Waals surface area contributed by atoms with Gasteiger partial charge in [0.2, 0.25) is 0 Å². The number of furan rings is 1. The number of amides is 1. The summed E-state index contributed by atoms with van der Waals surface area (Å²) in [4.78, 5) is 31.2. The minimum Gasteiger partial charge on any atom is -0.472 e. The van der Waals surface area contributed by atoms with Crippen LogP contribution in [0.3, 0.4) is 0 Å². The monoisotopic (exact) mass is 295 g/mol. The van der Waals surface area contributed by atoms with Gasteiger partial charge in [-0.2, -0.15) is 0 Å². The number of carbonyl (C=O) groups is 1. The van der Waals surface area contributed by atoms with Crippen LogP contribution in [0.1, 0.15) is 21.6 Å². The fourth-order valence-electron chi connectivity index (χ4n) is 2.79. The molecule has 3 aromatic heterocycles. The smallest absolute Gasteiger partial charge is 0.263 e. The van der Waals surface area contributed by atoms with E-state index in [0.29, 0.717) is 29.7 Å². The summed E-state index contributed by atoms with van der Waals surface area (Å²) in [5, 5.41) is 0. The molecule has 0 aromatic carbocycles. The Morgan fingerprint density at radius 2 is 2.18 bits per heavy atom. The van der Waals surface area contributed by atoms with Gasteiger partial charge >= 0.3 is 0 Å². The Kier molecular flexibility index (Phi) is 2.82. The number of hydrogen-bond donors (Lipinski definition) is 0. The van der Waals surface area contributed by atoms with Crippen LogP contribution in [0, 0.1) is 0 Å². The predicted octanol–water partition coefficient (Wildman–Crippen LogP) is 1.49. The van der Waals surface area contributed by atoms with Crippen LogP contribution in [-0.4, -0.2) is 26.7 Å². The molecule has 1 amide bonds. The molecule has 110 valence electrons. The van der Waals surface area contributed by atoms with Crippen LogP contribution < -0.4 is 5.56 Å². The summed E-state index contributed by atoms with van der Waals surface area (Å²) in [5.41, 5.74) is 2.41. The molecule has 0 saturated carbocycles. The maximum Gasteiger partial charge on any atom is 0.263 e. The van der Waals surface area contributed by atoms with Crippen molar-refractivity contribution < 1.29 is 9.21 Å². The summed E-state index contributed by atoms with van der Waals surface area (Å²) in [7, 11) is 0. The number of pyridine rings is 1. The van der Waals surface area contributed by atoms with Crippen molar-refractivity contribution in [3.05, 3.63) is 70.2 Å². The molecule has 0 radical (unpaired) electrons. The van der Waals surface area contributed by atoms with Gasteiger partial charge in [0.15, 0.2) is 0 Å². The van der Waals surface area contributed by atoms with E-state index in [9.17, 15) is 9.59 Å². The fourth-order valence-corrected chi connectivity index (χ4v) is 2.79. The molecule has 22 heavy (non-hydrogen) atoms. The van der Waals surface area contributed by atoms with Crippen LogP contribution in [0.15, 0.2) is 52.2 Å². The molecular formula is C16H13N3O3. The van der Waals surface area contributed by atoms with Crippen LogP contribution >= 0.6 is 0 Å². The van der Waals surface area contributed by atoms with E-state index in [0.717, 1.165) is 5.69 Å². The number of hydrogen-bond acceptors (Lipinski definition) is 4. The summed E-state index contributed by atoms with van der Waals surface area (Å²) in [6.07, 6.45) is 5.17. The molecule has 4 heterocycles. The van der Waals surface area contributed by atoms with E-state index >= 15 is 0 Å². The van der Waals surface area contributed by atoms with Crippen LogP contribution in [0.5, 0.6) is 0 Å². The third-order valence-corrected chi connectivity index (χ3v) is 3.94. The van der Waals surface area contributed by atoms with Crippen molar-refractivity contribution in [2.24, 2.45) is 0 Å². The van der Waals surface area contributed by atoms with Crippen molar-refractivity contribution in [3.8, 4) is 0 Å². The van der Waals surface area contributed by atoms with Crippen molar-refractivity contribution in [3.63, 3.8) is 0 Å². The average molecular weight is 295 g/mol. The molecule has 0 fully saturated rings. The zero-order valence-electron chi connectivity index (χ0n) is 11.7. The van der Waals surface area contributed by atoms with Crippen molar-refractivity contribution in [2.45, 2.75) is 13.0 Å². The second-order valence-corrected chi connectivity index (χ2v) is 5.26. The number of fused-ring (bicyclic) bond motifs is 2. The minimum absolute atomic E-state index is 0.106. The van der Waals surface area contributed by atoms with Crippen molar-refractivity contribution in [2.75, 3.05) is 6.54 Å². The number of rotatable bonds is 1. The highest BCUT2D eigenvalue weighted by molar-refractivity contribution is 5.93. The first-order valence-electron chi connectivity index (χ1n) is 7.04. The van der Waals surface area contributed by atoms with Gasteiger partial charge in [-0.25, -0.2) is 4.98 Å². The SMILES string of the molecule is O=C(c1ccoc1)N1CCc2nc3ccccn3c(=O)c2C1. The van der Waals surface area contributed by atoms with E-state index in [1.54, 1.807) is 23.2 Å². The van der Waals surface area contributed by atoms with E-state index in [1.165, 1.54) is 16.9 Å². The van der Waals surface area contributed by atoms with Crippen LogP contribution in [0.4, 0.5) is 0 Å². The quantitative estimate of drug-likeness (QED) is 0.682. The van der Waals surface area contributed by atoms with Crippen molar-refractivity contribution in [1.29, 1.82) is 0 Å². The fraction of sp³-hybridized carbons (Fsp3) is 0.188. The molecule has 4 rings (SSSR count). The van der Waals surface area contributed by atoms with Gasteiger partial charge in [-0.05, 0) is 18.2 Å². The first kappa shape index (κ1) is 12.8. The highest BCUT2D eigenvalue weighted by atomic mass is 16.3. The molecule has 1 aliphatic heterocycles. The maximum absolute atomic E-state index is 12.6. The molecule has 0 atom stereocenters. The van der Waals surface area contributed by atoms with Gasteiger partial charge in [-0.3, -0.25) is 14.0 Å². The molecule has 6 heteroatoms. The summed E-state index contributed by atoms with van der Waals surface area (Å²) < 4.78 is 6.47. The van der Waals surface area contributed by atoms with Gasteiger partial charge in [0.25, 0.3) is 11.5 Å². The summed E-state index contributed by atoms with van der Waals surface area (Å²) in [5.74, 6) is -0.128. The Morgan fingerprint density at radius 3 is 3.00 bits per heavy atom. The van der Waals surface area contributed by atoms with Crippen molar-refractivity contribution >= 4 is 11.6 Å². The lowest BCUT2D eigenvalue weighted by atomic mass is 10.1. The standard InChI is InChI=1S/C16H13N3O3/c20-15(11-5-8-22-10-11)18-7-4-13-12(9-18)16(21)19-6-2-1-3-14(19)17-13/h1-3,5-6,8,10H,4,7,9H2. The first-order chi connectivity index (χ1) is 10.7.